The Kier molecular flexibility index (Phi) is 8.52. The van der Waals surface area contributed by atoms with Gasteiger partial charge in [0.25, 0.3) is 0 Å². The van der Waals surface area contributed by atoms with Gasteiger partial charge in [-0.25, -0.2) is 4.98 Å². The van der Waals surface area contributed by atoms with Gasteiger partial charge in [-0.2, -0.15) is 0 Å². The van der Waals surface area contributed by atoms with Gasteiger partial charge in [-0.3, -0.25) is 4.99 Å². The predicted molar refractivity (Wildman–Crippen MR) is 104 cm³/mol. The van der Waals surface area contributed by atoms with Crippen LogP contribution in [0.3, 0.4) is 0 Å². The first-order valence-corrected chi connectivity index (χ1v) is 7.86. The normalized spacial score (nSPS) is 15.5. The number of aromatic nitrogens is 1. The quantitative estimate of drug-likeness (QED) is 0.450. The number of halogens is 1. The molecule has 5 nitrogen and oxygen atoms in total. The van der Waals surface area contributed by atoms with Gasteiger partial charge in [-0.05, 0) is 50.8 Å². The van der Waals surface area contributed by atoms with Crippen LogP contribution in [0.1, 0.15) is 38.7 Å². The van der Waals surface area contributed by atoms with E-state index in [9.17, 15) is 0 Å². The van der Waals surface area contributed by atoms with E-state index in [4.69, 9.17) is 0 Å². The van der Waals surface area contributed by atoms with Crippen molar-refractivity contribution < 1.29 is 0 Å². The first kappa shape index (κ1) is 19.0. The second kappa shape index (κ2) is 9.86. The summed E-state index contributed by atoms with van der Waals surface area (Å²) in [5, 5.41) is 6.63. The Bertz CT molecular complexity index is 469. The van der Waals surface area contributed by atoms with Crippen LogP contribution in [-0.4, -0.2) is 37.1 Å². The molecule has 1 aliphatic rings. The SMILES string of the molecule is CN=C(NCc1ccnc(N2CCCCC2)c1)NC(C)C.I. The number of nitrogens with one attached hydrogen (secondary N) is 2. The highest BCUT2D eigenvalue weighted by molar-refractivity contribution is 14.0. The third kappa shape index (κ3) is 5.98. The fourth-order valence-corrected chi connectivity index (χ4v) is 2.52. The molecule has 0 amide bonds. The summed E-state index contributed by atoms with van der Waals surface area (Å²) < 4.78 is 0. The minimum absolute atomic E-state index is 0. The number of aliphatic imine (C=N–C) groups is 1. The van der Waals surface area contributed by atoms with Gasteiger partial charge in [0.1, 0.15) is 5.82 Å². The lowest BCUT2D eigenvalue weighted by Crippen LogP contribution is -2.40. The zero-order valence-electron chi connectivity index (χ0n) is 13.8. The maximum absolute atomic E-state index is 4.51. The van der Waals surface area contributed by atoms with Crippen molar-refractivity contribution in [3.63, 3.8) is 0 Å². The molecule has 2 rings (SSSR count). The minimum Gasteiger partial charge on any atom is -0.357 e. The van der Waals surface area contributed by atoms with Gasteiger partial charge in [0.05, 0.1) is 0 Å². The minimum atomic E-state index is 0. The first-order valence-electron chi connectivity index (χ1n) is 7.86. The largest absolute Gasteiger partial charge is 0.357 e. The van der Waals surface area contributed by atoms with Crippen molar-refractivity contribution in [3.8, 4) is 0 Å². The Morgan fingerprint density at radius 3 is 2.68 bits per heavy atom. The maximum Gasteiger partial charge on any atom is 0.191 e. The van der Waals surface area contributed by atoms with Crippen LogP contribution in [0, 0.1) is 0 Å². The zero-order chi connectivity index (χ0) is 15.1. The van der Waals surface area contributed by atoms with E-state index in [2.05, 4.69) is 51.5 Å². The van der Waals surface area contributed by atoms with Crippen LogP contribution in [0.2, 0.25) is 0 Å². The maximum atomic E-state index is 4.51. The molecule has 1 saturated heterocycles. The summed E-state index contributed by atoms with van der Waals surface area (Å²) >= 11 is 0. The van der Waals surface area contributed by atoms with Crippen molar-refractivity contribution in [2.45, 2.75) is 45.7 Å². The van der Waals surface area contributed by atoms with Crippen molar-refractivity contribution in [2.75, 3.05) is 25.0 Å². The number of guanidine groups is 1. The van der Waals surface area contributed by atoms with Gasteiger partial charge in [-0.15, -0.1) is 24.0 Å². The number of rotatable bonds is 4. The van der Waals surface area contributed by atoms with Gasteiger partial charge in [0, 0.05) is 38.9 Å². The molecule has 1 aromatic heterocycles. The molecule has 0 spiro atoms. The van der Waals surface area contributed by atoms with E-state index >= 15 is 0 Å². The summed E-state index contributed by atoms with van der Waals surface area (Å²) in [5.41, 5.74) is 1.23. The molecule has 6 heteroatoms. The highest BCUT2D eigenvalue weighted by Gasteiger charge is 2.12. The Labute approximate surface area is 151 Å². The molecular formula is C16H28IN5. The fraction of sp³-hybridized carbons (Fsp3) is 0.625. The zero-order valence-corrected chi connectivity index (χ0v) is 16.1. The topological polar surface area (TPSA) is 52.6 Å². The van der Waals surface area contributed by atoms with E-state index in [0.29, 0.717) is 6.04 Å². The van der Waals surface area contributed by atoms with E-state index in [0.717, 1.165) is 31.4 Å². The summed E-state index contributed by atoms with van der Waals surface area (Å²) in [6.45, 7) is 7.22. The summed E-state index contributed by atoms with van der Waals surface area (Å²) in [4.78, 5) is 11.1. The molecule has 0 bridgehead atoms. The molecule has 0 saturated carbocycles. The third-order valence-electron chi connectivity index (χ3n) is 3.60. The van der Waals surface area contributed by atoms with Gasteiger partial charge >= 0.3 is 0 Å². The summed E-state index contributed by atoms with van der Waals surface area (Å²) in [6, 6.07) is 4.61. The smallest absolute Gasteiger partial charge is 0.191 e. The Morgan fingerprint density at radius 2 is 2.05 bits per heavy atom. The van der Waals surface area contributed by atoms with E-state index < -0.39 is 0 Å². The first-order chi connectivity index (χ1) is 10.2. The third-order valence-corrected chi connectivity index (χ3v) is 3.60. The van der Waals surface area contributed by atoms with Crippen LogP contribution in [0.25, 0.3) is 0 Å². The van der Waals surface area contributed by atoms with Crippen molar-refractivity contribution in [1.82, 2.24) is 15.6 Å². The lowest BCUT2D eigenvalue weighted by molar-refractivity contribution is 0.573. The molecule has 22 heavy (non-hydrogen) atoms. The van der Waals surface area contributed by atoms with E-state index in [1.807, 2.05) is 6.20 Å². The molecule has 1 fully saturated rings. The average Bonchev–Trinajstić information content (AvgIpc) is 2.52. The van der Waals surface area contributed by atoms with Crippen LogP contribution in [-0.2, 0) is 6.54 Å². The molecule has 2 N–H and O–H groups in total. The summed E-state index contributed by atoms with van der Waals surface area (Å²) in [7, 11) is 1.80. The Hall–Kier alpha value is -1.05. The molecule has 1 aromatic rings. The van der Waals surface area contributed by atoms with Crippen LogP contribution in [0.15, 0.2) is 23.3 Å². The van der Waals surface area contributed by atoms with Gasteiger partial charge < -0.3 is 15.5 Å². The Balaban J connectivity index is 0.00000242. The number of piperidine rings is 1. The molecule has 0 aliphatic carbocycles. The molecule has 1 aliphatic heterocycles. The predicted octanol–water partition coefficient (Wildman–Crippen LogP) is 2.76. The number of anilines is 1. The molecule has 0 unspecified atom stereocenters. The highest BCUT2D eigenvalue weighted by atomic mass is 127. The van der Waals surface area contributed by atoms with Crippen LogP contribution in [0.5, 0.6) is 0 Å². The lowest BCUT2D eigenvalue weighted by Gasteiger charge is -2.28. The molecule has 0 atom stereocenters. The van der Waals surface area contributed by atoms with Crippen molar-refractivity contribution in [1.29, 1.82) is 0 Å². The Morgan fingerprint density at radius 1 is 1.32 bits per heavy atom. The standard InChI is InChI=1S/C16H27N5.HI/c1-13(2)20-16(17-3)19-12-14-7-8-18-15(11-14)21-9-5-4-6-10-21;/h7-8,11,13H,4-6,9-10,12H2,1-3H3,(H2,17,19,20);1H. The van der Waals surface area contributed by atoms with Crippen molar-refractivity contribution in [2.24, 2.45) is 4.99 Å². The number of nitrogens with zero attached hydrogens (tertiary/aromatic N) is 3. The van der Waals surface area contributed by atoms with Crippen LogP contribution >= 0.6 is 24.0 Å². The second-order valence-electron chi connectivity index (χ2n) is 5.79. The number of pyridine rings is 1. The van der Waals surface area contributed by atoms with Crippen molar-refractivity contribution in [3.05, 3.63) is 23.9 Å². The molecule has 0 aromatic carbocycles. The number of hydrogen-bond donors (Lipinski definition) is 2. The summed E-state index contributed by atoms with van der Waals surface area (Å²) in [6.07, 6.45) is 5.79. The van der Waals surface area contributed by atoms with Crippen LogP contribution < -0.4 is 15.5 Å². The van der Waals surface area contributed by atoms with Gasteiger partial charge in [0.2, 0.25) is 0 Å². The lowest BCUT2D eigenvalue weighted by atomic mass is 10.1. The van der Waals surface area contributed by atoms with E-state index in [1.54, 1.807) is 7.05 Å². The monoisotopic (exact) mass is 417 g/mol. The molecular weight excluding hydrogens is 389 g/mol. The fourth-order valence-electron chi connectivity index (χ4n) is 2.52. The van der Waals surface area contributed by atoms with E-state index in [-0.39, 0.29) is 24.0 Å². The van der Waals surface area contributed by atoms with Crippen LogP contribution in [0.4, 0.5) is 5.82 Å². The summed E-state index contributed by atoms with van der Waals surface area (Å²) in [5.74, 6) is 1.93. The van der Waals surface area contributed by atoms with Gasteiger partial charge in [-0.1, -0.05) is 0 Å². The second-order valence-corrected chi connectivity index (χ2v) is 5.79. The molecule has 124 valence electrons. The van der Waals surface area contributed by atoms with Gasteiger partial charge in [0.15, 0.2) is 5.96 Å². The molecule has 0 radical (unpaired) electrons. The number of hydrogen-bond acceptors (Lipinski definition) is 3. The van der Waals surface area contributed by atoms with Crippen molar-refractivity contribution >= 4 is 35.8 Å². The molecule has 2 heterocycles. The van der Waals surface area contributed by atoms with E-state index in [1.165, 1.54) is 24.8 Å². The average molecular weight is 417 g/mol. The highest BCUT2D eigenvalue weighted by Crippen LogP contribution is 2.18.